The zero-order valence-corrected chi connectivity index (χ0v) is 12.1. The summed E-state index contributed by atoms with van der Waals surface area (Å²) in [6.45, 7) is 1.82. The average Bonchev–Trinajstić information content (AvgIpc) is 2.90. The molecule has 0 bridgehead atoms. The van der Waals surface area contributed by atoms with Crippen LogP contribution in [0.1, 0.15) is 27.7 Å². The molecule has 112 valence electrons. The number of amides is 1. The number of nitrogens with one attached hydrogen (secondary N) is 1. The van der Waals surface area contributed by atoms with Crippen LogP contribution >= 0.6 is 11.3 Å². The second-order valence-electron chi connectivity index (χ2n) is 4.74. The van der Waals surface area contributed by atoms with Crippen LogP contribution in [0.15, 0.2) is 41.8 Å². The van der Waals surface area contributed by atoms with Crippen LogP contribution < -0.4 is 5.32 Å². The molecule has 0 spiro atoms. The number of hydrogen-bond donors (Lipinski definition) is 1. The molecule has 2 aromatic rings. The lowest BCUT2D eigenvalue weighted by Crippen LogP contribution is -2.34. The Labute approximate surface area is 124 Å². The van der Waals surface area contributed by atoms with Gasteiger partial charge in [-0.1, -0.05) is 12.1 Å². The Balaban J connectivity index is 2.03. The first-order valence-corrected chi connectivity index (χ1v) is 7.25. The van der Waals surface area contributed by atoms with Crippen LogP contribution in [0.3, 0.4) is 0 Å². The van der Waals surface area contributed by atoms with Crippen molar-refractivity contribution < 1.29 is 18.0 Å². The molecule has 0 fully saturated rings. The molecule has 0 saturated carbocycles. The Morgan fingerprint density at radius 2 is 2.05 bits per heavy atom. The summed E-state index contributed by atoms with van der Waals surface area (Å²) in [6.07, 6.45) is -3.79. The average molecular weight is 313 g/mol. The van der Waals surface area contributed by atoms with E-state index < -0.39 is 17.6 Å². The summed E-state index contributed by atoms with van der Waals surface area (Å²) in [7, 11) is 0. The molecule has 0 saturated heterocycles. The van der Waals surface area contributed by atoms with Crippen LogP contribution in [-0.2, 0) is 12.6 Å². The largest absolute Gasteiger partial charge is 0.416 e. The number of benzene rings is 1. The summed E-state index contributed by atoms with van der Waals surface area (Å²) in [4.78, 5) is 13.1. The minimum atomic E-state index is -4.45. The summed E-state index contributed by atoms with van der Waals surface area (Å²) in [5.41, 5.74) is -0.802. The highest BCUT2D eigenvalue weighted by molar-refractivity contribution is 7.09. The van der Waals surface area contributed by atoms with E-state index >= 15 is 0 Å². The van der Waals surface area contributed by atoms with Crippen LogP contribution in [0.2, 0.25) is 0 Å². The Morgan fingerprint density at radius 3 is 2.67 bits per heavy atom. The normalized spacial score (nSPS) is 13.0. The zero-order valence-electron chi connectivity index (χ0n) is 11.3. The van der Waals surface area contributed by atoms with Crippen molar-refractivity contribution in [1.82, 2.24) is 5.32 Å². The maximum atomic E-state index is 12.6. The van der Waals surface area contributed by atoms with Crippen LogP contribution in [0, 0.1) is 0 Å². The first-order valence-electron chi connectivity index (χ1n) is 6.37. The van der Waals surface area contributed by atoms with Crippen molar-refractivity contribution in [2.24, 2.45) is 0 Å². The molecule has 1 heterocycles. The number of carbonyl (C=O) groups is 1. The van der Waals surface area contributed by atoms with Crippen molar-refractivity contribution in [3.63, 3.8) is 0 Å². The van der Waals surface area contributed by atoms with Gasteiger partial charge in [-0.15, -0.1) is 11.3 Å². The van der Waals surface area contributed by atoms with Gasteiger partial charge in [0.25, 0.3) is 5.91 Å². The summed E-state index contributed by atoms with van der Waals surface area (Å²) in [5, 5.41) is 4.65. The third-order valence-electron chi connectivity index (χ3n) is 2.92. The molecule has 1 N–H and O–H groups in total. The van der Waals surface area contributed by atoms with Gasteiger partial charge in [0.05, 0.1) is 5.56 Å². The van der Waals surface area contributed by atoms with E-state index in [9.17, 15) is 18.0 Å². The van der Waals surface area contributed by atoms with Crippen molar-refractivity contribution in [3.05, 3.63) is 57.8 Å². The molecule has 0 aliphatic heterocycles. The van der Waals surface area contributed by atoms with E-state index in [2.05, 4.69) is 5.32 Å². The predicted molar refractivity (Wildman–Crippen MR) is 76.4 cm³/mol. The fourth-order valence-corrected chi connectivity index (χ4v) is 2.76. The molecule has 1 aromatic carbocycles. The van der Waals surface area contributed by atoms with Gasteiger partial charge < -0.3 is 5.32 Å². The molecular weight excluding hydrogens is 299 g/mol. The molecule has 6 heteroatoms. The Kier molecular flexibility index (Phi) is 4.67. The van der Waals surface area contributed by atoms with Crippen LogP contribution in [0.5, 0.6) is 0 Å². The molecular formula is C15H14F3NOS. The quantitative estimate of drug-likeness (QED) is 0.903. The van der Waals surface area contributed by atoms with E-state index in [1.54, 1.807) is 11.3 Å². The lowest BCUT2D eigenvalue weighted by Gasteiger charge is -2.14. The fraction of sp³-hybridized carbons (Fsp3) is 0.267. The Hall–Kier alpha value is -1.82. The molecule has 1 atom stereocenters. The van der Waals surface area contributed by atoms with Crippen molar-refractivity contribution in [2.45, 2.75) is 25.6 Å². The minimum Gasteiger partial charge on any atom is -0.349 e. The molecule has 2 nitrogen and oxygen atoms in total. The van der Waals surface area contributed by atoms with Crippen LogP contribution in [0.25, 0.3) is 0 Å². The number of thiophene rings is 1. The first-order chi connectivity index (χ1) is 9.86. The standard InChI is InChI=1S/C15H14F3NOS/c1-10(8-13-6-3-7-21-13)19-14(20)11-4-2-5-12(9-11)15(16,17)18/h2-7,9-10H,8H2,1H3,(H,19,20)/t10-/m1/s1. The molecule has 0 aliphatic carbocycles. The van der Waals surface area contributed by atoms with E-state index in [-0.39, 0.29) is 11.6 Å². The van der Waals surface area contributed by atoms with E-state index in [0.29, 0.717) is 6.42 Å². The second-order valence-corrected chi connectivity index (χ2v) is 5.77. The van der Waals surface area contributed by atoms with Crippen LogP contribution in [0.4, 0.5) is 13.2 Å². The van der Waals surface area contributed by atoms with E-state index in [4.69, 9.17) is 0 Å². The van der Waals surface area contributed by atoms with Gasteiger partial charge in [0.2, 0.25) is 0 Å². The third-order valence-corrected chi connectivity index (χ3v) is 3.82. The minimum absolute atomic E-state index is 0.0165. The number of carbonyl (C=O) groups excluding carboxylic acids is 1. The summed E-state index contributed by atoms with van der Waals surface area (Å²) < 4.78 is 37.8. The van der Waals surface area contributed by atoms with Gasteiger partial charge >= 0.3 is 6.18 Å². The number of rotatable bonds is 4. The van der Waals surface area contributed by atoms with E-state index in [1.807, 2.05) is 24.4 Å². The Morgan fingerprint density at radius 1 is 1.29 bits per heavy atom. The lowest BCUT2D eigenvalue weighted by atomic mass is 10.1. The molecule has 2 rings (SSSR count). The SMILES string of the molecule is C[C@H](Cc1cccs1)NC(=O)c1cccc(C(F)(F)F)c1. The van der Waals surface area contributed by atoms with Crippen molar-refractivity contribution in [1.29, 1.82) is 0 Å². The smallest absolute Gasteiger partial charge is 0.349 e. The molecule has 1 aromatic heterocycles. The highest BCUT2D eigenvalue weighted by Crippen LogP contribution is 2.29. The highest BCUT2D eigenvalue weighted by Gasteiger charge is 2.30. The maximum Gasteiger partial charge on any atom is 0.416 e. The molecule has 21 heavy (non-hydrogen) atoms. The first kappa shape index (κ1) is 15.6. The van der Waals surface area contributed by atoms with Gasteiger partial charge in [0.1, 0.15) is 0 Å². The van der Waals surface area contributed by atoms with Gasteiger partial charge in [-0.2, -0.15) is 13.2 Å². The van der Waals surface area contributed by atoms with Crippen molar-refractivity contribution in [2.75, 3.05) is 0 Å². The lowest BCUT2D eigenvalue weighted by molar-refractivity contribution is -0.137. The molecule has 0 radical (unpaired) electrons. The molecule has 0 aliphatic rings. The summed E-state index contributed by atoms with van der Waals surface area (Å²) in [5.74, 6) is -0.495. The predicted octanol–water partition coefficient (Wildman–Crippen LogP) is 4.13. The van der Waals surface area contributed by atoms with Gasteiger partial charge in [-0.25, -0.2) is 0 Å². The van der Waals surface area contributed by atoms with Gasteiger partial charge in [0, 0.05) is 22.9 Å². The van der Waals surface area contributed by atoms with Crippen LogP contribution in [-0.4, -0.2) is 11.9 Å². The fourth-order valence-electron chi connectivity index (χ4n) is 1.93. The second kappa shape index (κ2) is 6.30. The number of alkyl halides is 3. The summed E-state index contributed by atoms with van der Waals surface area (Å²) >= 11 is 1.58. The van der Waals surface area contributed by atoms with Gasteiger partial charge in [-0.3, -0.25) is 4.79 Å². The van der Waals surface area contributed by atoms with E-state index in [0.717, 1.165) is 17.0 Å². The monoisotopic (exact) mass is 313 g/mol. The van der Waals surface area contributed by atoms with Gasteiger partial charge in [0.15, 0.2) is 0 Å². The van der Waals surface area contributed by atoms with Crippen molar-refractivity contribution in [3.8, 4) is 0 Å². The number of hydrogen-bond acceptors (Lipinski definition) is 2. The third kappa shape index (κ3) is 4.32. The van der Waals surface area contributed by atoms with E-state index in [1.165, 1.54) is 12.1 Å². The Bertz CT molecular complexity index is 608. The van der Waals surface area contributed by atoms with Gasteiger partial charge in [-0.05, 0) is 36.6 Å². The topological polar surface area (TPSA) is 29.1 Å². The molecule has 1 amide bonds. The zero-order chi connectivity index (χ0) is 15.5. The number of halogens is 3. The highest BCUT2D eigenvalue weighted by atomic mass is 32.1. The molecule has 0 unspecified atom stereocenters. The summed E-state index contributed by atoms with van der Waals surface area (Å²) in [6, 6.07) is 8.16. The maximum absolute atomic E-state index is 12.6. The van der Waals surface area contributed by atoms with Crippen molar-refractivity contribution >= 4 is 17.2 Å².